The Hall–Kier alpha value is -4.25. The highest BCUT2D eigenvalue weighted by atomic mass is 19.1. The minimum absolute atomic E-state index is 0.0151. The van der Waals surface area contributed by atoms with Crippen LogP contribution in [0.1, 0.15) is 17.0 Å². The van der Waals surface area contributed by atoms with Crippen molar-refractivity contribution < 1.29 is 9.18 Å². The number of carbonyl (C=O) groups is 1. The zero-order valence-electron chi connectivity index (χ0n) is 19.3. The summed E-state index contributed by atoms with van der Waals surface area (Å²) in [5.41, 5.74) is 6.21. The summed E-state index contributed by atoms with van der Waals surface area (Å²) >= 11 is 0. The largest absolute Gasteiger partial charge is 0.355 e. The van der Waals surface area contributed by atoms with E-state index in [1.807, 2.05) is 54.6 Å². The highest BCUT2D eigenvalue weighted by molar-refractivity contribution is 5.79. The second-order valence-corrected chi connectivity index (χ2v) is 8.57. The first kappa shape index (κ1) is 22.5. The third kappa shape index (κ3) is 5.46. The molecule has 5 heteroatoms. The Bertz CT molecular complexity index is 1420. The van der Waals surface area contributed by atoms with E-state index in [1.165, 1.54) is 12.1 Å². The Morgan fingerprint density at radius 2 is 1.43 bits per heavy atom. The van der Waals surface area contributed by atoms with Crippen LogP contribution in [0.4, 0.5) is 4.39 Å². The van der Waals surface area contributed by atoms with Crippen molar-refractivity contribution in [3.8, 4) is 11.1 Å². The van der Waals surface area contributed by atoms with Crippen LogP contribution in [-0.4, -0.2) is 22.0 Å². The van der Waals surface area contributed by atoms with Crippen LogP contribution in [0, 0.1) is 5.82 Å². The van der Waals surface area contributed by atoms with Gasteiger partial charge in [-0.05, 0) is 46.5 Å². The fourth-order valence-electron chi connectivity index (χ4n) is 4.27. The van der Waals surface area contributed by atoms with Crippen LogP contribution in [0.15, 0.2) is 103 Å². The lowest BCUT2D eigenvalue weighted by Crippen LogP contribution is -2.28. The van der Waals surface area contributed by atoms with Crippen molar-refractivity contribution in [3.05, 3.63) is 126 Å². The van der Waals surface area contributed by atoms with Crippen LogP contribution in [0.3, 0.4) is 0 Å². The quantitative estimate of drug-likeness (QED) is 0.317. The predicted molar refractivity (Wildman–Crippen MR) is 138 cm³/mol. The van der Waals surface area contributed by atoms with Crippen LogP contribution in [0.5, 0.6) is 0 Å². The Morgan fingerprint density at radius 1 is 0.771 bits per heavy atom. The van der Waals surface area contributed by atoms with Gasteiger partial charge in [0.15, 0.2) is 0 Å². The van der Waals surface area contributed by atoms with E-state index in [0.29, 0.717) is 25.9 Å². The number of carbonyl (C=O) groups excluding carboxylic acids is 1. The summed E-state index contributed by atoms with van der Waals surface area (Å²) in [6, 6.07) is 32.8. The molecule has 0 radical (unpaired) electrons. The molecule has 1 amide bonds. The van der Waals surface area contributed by atoms with Gasteiger partial charge in [-0.1, -0.05) is 78.9 Å². The number of halogens is 1. The molecule has 4 aromatic carbocycles. The number of benzene rings is 4. The molecule has 0 atom stereocenters. The number of nitrogens with zero attached hydrogens (tertiary/aromatic N) is 2. The average Bonchev–Trinajstić information content (AvgIpc) is 3.23. The molecule has 0 unspecified atom stereocenters. The summed E-state index contributed by atoms with van der Waals surface area (Å²) in [4.78, 5) is 17.3. The van der Waals surface area contributed by atoms with E-state index >= 15 is 0 Å². The number of aromatic nitrogens is 2. The number of hydrogen-bond donors (Lipinski definition) is 1. The number of hydrogen-bond acceptors (Lipinski definition) is 2. The highest BCUT2D eigenvalue weighted by Crippen LogP contribution is 2.20. The molecule has 1 heterocycles. The zero-order valence-corrected chi connectivity index (χ0v) is 19.3. The topological polar surface area (TPSA) is 46.9 Å². The molecular formula is C30H26FN3O. The third-order valence-corrected chi connectivity index (χ3v) is 6.08. The molecule has 1 N–H and O–H groups in total. The van der Waals surface area contributed by atoms with E-state index in [0.717, 1.165) is 39.1 Å². The maximum absolute atomic E-state index is 13.3. The SMILES string of the molecule is O=C(Cc1ccc(-c2ccccc2)cc1)NCCc1nc2ccccc2n1Cc1ccc(F)cc1. The lowest BCUT2D eigenvalue weighted by molar-refractivity contribution is -0.120. The summed E-state index contributed by atoms with van der Waals surface area (Å²) in [6.45, 7) is 1.09. The molecule has 5 aromatic rings. The van der Waals surface area contributed by atoms with Crippen LogP contribution in [0.25, 0.3) is 22.2 Å². The van der Waals surface area contributed by atoms with E-state index in [9.17, 15) is 9.18 Å². The van der Waals surface area contributed by atoms with Gasteiger partial charge in [0.05, 0.1) is 17.5 Å². The molecule has 4 nitrogen and oxygen atoms in total. The predicted octanol–water partition coefficient (Wildman–Crippen LogP) is 5.79. The molecule has 0 aliphatic heterocycles. The lowest BCUT2D eigenvalue weighted by Gasteiger charge is -2.11. The minimum atomic E-state index is -0.248. The maximum atomic E-state index is 13.3. The number of para-hydroxylation sites is 2. The summed E-state index contributed by atoms with van der Waals surface area (Å²) in [5.74, 6) is 0.628. The number of rotatable bonds is 8. The van der Waals surface area contributed by atoms with Gasteiger partial charge in [0.1, 0.15) is 11.6 Å². The summed E-state index contributed by atoms with van der Waals surface area (Å²) < 4.78 is 15.5. The first-order valence-corrected chi connectivity index (χ1v) is 11.8. The number of nitrogens with one attached hydrogen (secondary N) is 1. The van der Waals surface area contributed by atoms with Gasteiger partial charge < -0.3 is 9.88 Å². The standard InChI is InChI=1S/C30H26FN3O/c31-26-16-12-23(13-17-26)21-34-28-9-5-4-8-27(28)33-29(34)18-19-32-30(35)20-22-10-14-25(15-11-22)24-6-2-1-3-7-24/h1-17H,18-21H2,(H,32,35). The molecular weight excluding hydrogens is 437 g/mol. The molecule has 0 saturated carbocycles. The van der Waals surface area contributed by atoms with E-state index in [2.05, 4.69) is 34.1 Å². The van der Waals surface area contributed by atoms with Gasteiger partial charge in [0, 0.05) is 19.5 Å². The van der Waals surface area contributed by atoms with E-state index in [-0.39, 0.29) is 11.7 Å². The number of amides is 1. The third-order valence-electron chi connectivity index (χ3n) is 6.08. The zero-order chi connectivity index (χ0) is 24.0. The highest BCUT2D eigenvalue weighted by Gasteiger charge is 2.12. The second-order valence-electron chi connectivity index (χ2n) is 8.57. The molecule has 0 aliphatic carbocycles. The van der Waals surface area contributed by atoms with Gasteiger partial charge in [-0.3, -0.25) is 4.79 Å². The Kier molecular flexibility index (Phi) is 6.66. The molecule has 0 fully saturated rings. The fraction of sp³-hybridized carbons (Fsp3) is 0.133. The summed E-state index contributed by atoms with van der Waals surface area (Å²) in [6.07, 6.45) is 0.940. The van der Waals surface area contributed by atoms with E-state index in [1.54, 1.807) is 12.1 Å². The van der Waals surface area contributed by atoms with Gasteiger partial charge in [-0.15, -0.1) is 0 Å². The first-order valence-electron chi connectivity index (χ1n) is 11.8. The Morgan fingerprint density at radius 3 is 2.20 bits per heavy atom. The van der Waals surface area contributed by atoms with Crippen LogP contribution >= 0.6 is 0 Å². The van der Waals surface area contributed by atoms with Gasteiger partial charge in [0.2, 0.25) is 5.91 Å². The van der Waals surface area contributed by atoms with Gasteiger partial charge in [0.25, 0.3) is 0 Å². The second kappa shape index (κ2) is 10.3. The van der Waals surface area contributed by atoms with Crippen molar-refractivity contribution in [3.63, 3.8) is 0 Å². The Labute approximate surface area is 204 Å². The lowest BCUT2D eigenvalue weighted by atomic mass is 10.0. The normalized spacial score (nSPS) is 11.0. The molecule has 174 valence electrons. The average molecular weight is 464 g/mol. The number of fused-ring (bicyclic) bond motifs is 1. The van der Waals surface area contributed by atoms with Crippen molar-refractivity contribution >= 4 is 16.9 Å². The van der Waals surface area contributed by atoms with Crippen molar-refractivity contribution in [2.75, 3.05) is 6.54 Å². The fourth-order valence-corrected chi connectivity index (χ4v) is 4.27. The van der Waals surface area contributed by atoms with Gasteiger partial charge in [-0.2, -0.15) is 0 Å². The monoisotopic (exact) mass is 463 g/mol. The van der Waals surface area contributed by atoms with E-state index < -0.39 is 0 Å². The van der Waals surface area contributed by atoms with Crippen molar-refractivity contribution in [1.29, 1.82) is 0 Å². The Balaban J connectivity index is 1.22. The number of imidazole rings is 1. The maximum Gasteiger partial charge on any atom is 0.224 e. The molecule has 35 heavy (non-hydrogen) atoms. The van der Waals surface area contributed by atoms with Crippen molar-refractivity contribution in [2.24, 2.45) is 0 Å². The molecule has 1 aromatic heterocycles. The smallest absolute Gasteiger partial charge is 0.224 e. The van der Waals surface area contributed by atoms with Gasteiger partial charge in [-0.25, -0.2) is 9.37 Å². The van der Waals surface area contributed by atoms with E-state index in [4.69, 9.17) is 4.98 Å². The van der Waals surface area contributed by atoms with Crippen molar-refractivity contribution in [1.82, 2.24) is 14.9 Å². The molecule has 0 spiro atoms. The van der Waals surface area contributed by atoms with Crippen molar-refractivity contribution in [2.45, 2.75) is 19.4 Å². The van der Waals surface area contributed by atoms with Gasteiger partial charge >= 0.3 is 0 Å². The summed E-state index contributed by atoms with van der Waals surface area (Å²) in [7, 11) is 0. The minimum Gasteiger partial charge on any atom is -0.355 e. The molecule has 0 saturated heterocycles. The van der Waals surface area contributed by atoms with Crippen LogP contribution < -0.4 is 5.32 Å². The van der Waals surface area contributed by atoms with Crippen LogP contribution in [-0.2, 0) is 24.2 Å². The molecule has 0 aliphatic rings. The molecule has 0 bridgehead atoms. The molecule has 5 rings (SSSR count). The summed E-state index contributed by atoms with van der Waals surface area (Å²) in [5, 5.41) is 3.03. The van der Waals surface area contributed by atoms with Crippen LogP contribution in [0.2, 0.25) is 0 Å². The first-order chi connectivity index (χ1) is 17.2.